The molecule has 0 saturated heterocycles. The maximum atomic E-state index is 12.5. The molecule has 0 spiro atoms. The van der Waals surface area contributed by atoms with Crippen molar-refractivity contribution in [3.63, 3.8) is 0 Å². The van der Waals surface area contributed by atoms with Crippen LogP contribution in [0.3, 0.4) is 0 Å². The number of rotatable bonds is 6. The van der Waals surface area contributed by atoms with Crippen LogP contribution in [0.25, 0.3) is 4.96 Å². The van der Waals surface area contributed by atoms with E-state index in [4.69, 9.17) is 0 Å². The third-order valence-electron chi connectivity index (χ3n) is 2.79. The number of aromatic nitrogens is 2. The summed E-state index contributed by atoms with van der Waals surface area (Å²) in [6, 6.07) is -0.871. The van der Waals surface area contributed by atoms with Crippen LogP contribution in [0.15, 0.2) is 16.6 Å². The zero-order chi connectivity index (χ0) is 15.6. The van der Waals surface area contributed by atoms with Gasteiger partial charge in [-0.3, -0.25) is 9.20 Å². The summed E-state index contributed by atoms with van der Waals surface area (Å²) in [4.78, 5) is 16.4. The summed E-state index contributed by atoms with van der Waals surface area (Å²) in [6.45, 7) is 3.70. The highest BCUT2D eigenvalue weighted by Crippen LogP contribution is 2.25. The molecule has 0 aliphatic rings. The molecule has 3 N–H and O–H groups in total. The van der Waals surface area contributed by atoms with Crippen LogP contribution in [0, 0.1) is 0 Å². The minimum atomic E-state index is -3.88. The first-order chi connectivity index (χ1) is 9.90. The van der Waals surface area contributed by atoms with Gasteiger partial charge in [-0.2, -0.15) is 4.72 Å². The Hall–Kier alpha value is -1.65. The third kappa shape index (κ3) is 3.01. The van der Waals surface area contributed by atoms with E-state index in [1.165, 1.54) is 22.7 Å². The van der Waals surface area contributed by atoms with E-state index in [1.54, 1.807) is 25.5 Å². The Kier molecular flexibility index (Phi) is 4.49. The normalized spacial score (nSPS) is 13.3. The van der Waals surface area contributed by atoms with Crippen molar-refractivity contribution in [3.8, 4) is 0 Å². The highest BCUT2D eigenvalue weighted by atomic mass is 32.2. The molecule has 0 fully saturated rings. The second-order valence-corrected chi connectivity index (χ2v) is 6.81. The van der Waals surface area contributed by atoms with Gasteiger partial charge in [-0.25, -0.2) is 13.4 Å². The molecule has 8 nitrogen and oxygen atoms in total. The summed E-state index contributed by atoms with van der Waals surface area (Å²) in [5.41, 5.74) is 0. The fourth-order valence-electron chi connectivity index (χ4n) is 1.85. The lowest BCUT2D eigenvalue weighted by Gasteiger charge is -2.14. The number of nitrogens with zero attached hydrogens (tertiary/aromatic N) is 2. The minimum absolute atomic E-state index is 0.00241. The van der Waals surface area contributed by atoms with E-state index in [-0.39, 0.29) is 16.8 Å². The van der Waals surface area contributed by atoms with Gasteiger partial charge in [0.25, 0.3) is 10.0 Å². The zero-order valence-corrected chi connectivity index (χ0v) is 13.5. The second kappa shape index (κ2) is 6.00. The van der Waals surface area contributed by atoms with Crippen LogP contribution in [0.4, 0.5) is 5.82 Å². The Labute approximate surface area is 126 Å². The lowest BCUT2D eigenvalue weighted by molar-refractivity contribution is -0.122. The Morgan fingerprint density at radius 3 is 2.86 bits per heavy atom. The number of likely N-dealkylation sites (N-methyl/N-ethyl adjacent to an activating group) is 1. The van der Waals surface area contributed by atoms with Gasteiger partial charge in [-0.15, -0.1) is 11.3 Å². The average molecular weight is 331 g/mol. The van der Waals surface area contributed by atoms with E-state index in [9.17, 15) is 13.2 Å². The Morgan fingerprint density at radius 2 is 2.24 bits per heavy atom. The average Bonchev–Trinajstić information content (AvgIpc) is 2.97. The molecular weight excluding hydrogens is 314 g/mol. The van der Waals surface area contributed by atoms with E-state index < -0.39 is 16.1 Å². The zero-order valence-electron chi connectivity index (χ0n) is 11.9. The van der Waals surface area contributed by atoms with Crippen molar-refractivity contribution in [2.24, 2.45) is 0 Å². The van der Waals surface area contributed by atoms with E-state index in [0.717, 1.165) is 0 Å². The molecule has 2 rings (SSSR count). The smallest absolute Gasteiger partial charge is 0.261 e. The Morgan fingerprint density at radius 1 is 1.52 bits per heavy atom. The van der Waals surface area contributed by atoms with Crippen LogP contribution < -0.4 is 15.4 Å². The molecule has 0 radical (unpaired) electrons. The summed E-state index contributed by atoms with van der Waals surface area (Å²) in [6.07, 6.45) is 1.62. The molecule has 2 aromatic rings. The molecule has 21 heavy (non-hydrogen) atoms. The van der Waals surface area contributed by atoms with Crippen molar-refractivity contribution in [2.75, 3.05) is 18.9 Å². The van der Waals surface area contributed by atoms with Crippen molar-refractivity contribution in [1.82, 2.24) is 19.4 Å². The minimum Gasteiger partial charge on any atom is -0.371 e. The van der Waals surface area contributed by atoms with Gasteiger partial charge in [0.05, 0.1) is 6.04 Å². The van der Waals surface area contributed by atoms with Crippen LogP contribution >= 0.6 is 11.3 Å². The number of hydrogen-bond donors (Lipinski definition) is 3. The predicted molar refractivity (Wildman–Crippen MR) is 81.1 cm³/mol. The number of carbonyl (C=O) groups is 1. The van der Waals surface area contributed by atoms with E-state index >= 15 is 0 Å². The Balaban J connectivity index is 2.37. The van der Waals surface area contributed by atoms with Gasteiger partial charge in [0.1, 0.15) is 0 Å². The van der Waals surface area contributed by atoms with Crippen molar-refractivity contribution < 1.29 is 13.2 Å². The van der Waals surface area contributed by atoms with E-state index in [2.05, 4.69) is 20.3 Å². The van der Waals surface area contributed by atoms with Gasteiger partial charge in [0.15, 0.2) is 15.8 Å². The molecule has 10 heteroatoms. The largest absolute Gasteiger partial charge is 0.371 e. The lowest BCUT2D eigenvalue weighted by atomic mass is 10.3. The second-order valence-electron chi connectivity index (χ2n) is 4.31. The van der Waals surface area contributed by atoms with Gasteiger partial charge in [-0.05, 0) is 13.8 Å². The van der Waals surface area contributed by atoms with Crippen LogP contribution in [0.1, 0.15) is 13.8 Å². The number of amides is 1. The fraction of sp³-hybridized carbons (Fsp3) is 0.455. The van der Waals surface area contributed by atoms with Gasteiger partial charge < -0.3 is 10.6 Å². The van der Waals surface area contributed by atoms with Crippen molar-refractivity contribution in [3.05, 3.63) is 11.6 Å². The van der Waals surface area contributed by atoms with Gasteiger partial charge in [0.2, 0.25) is 5.91 Å². The first-order valence-corrected chi connectivity index (χ1v) is 8.70. The molecule has 2 heterocycles. The number of hydrogen-bond acceptors (Lipinski definition) is 6. The number of carbonyl (C=O) groups excluding carboxylic acids is 1. The number of anilines is 1. The summed E-state index contributed by atoms with van der Waals surface area (Å²) < 4.78 is 28.9. The van der Waals surface area contributed by atoms with Crippen LogP contribution in [-0.2, 0) is 14.8 Å². The molecular formula is C11H17N5O3S2. The highest BCUT2D eigenvalue weighted by Gasteiger charge is 2.28. The molecule has 0 aromatic carbocycles. The number of nitrogens with one attached hydrogen (secondary N) is 3. The van der Waals surface area contributed by atoms with Gasteiger partial charge in [0, 0.05) is 25.2 Å². The molecule has 1 atom stereocenters. The van der Waals surface area contributed by atoms with Crippen molar-refractivity contribution in [2.45, 2.75) is 24.9 Å². The number of fused-ring (bicyclic) bond motifs is 1. The molecule has 0 saturated carbocycles. The maximum absolute atomic E-state index is 12.5. The third-order valence-corrected chi connectivity index (χ3v) is 5.11. The molecule has 0 aliphatic heterocycles. The summed E-state index contributed by atoms with van der Waals surface area (Å²) in [5.74, 6) is -0.129. The van der Waals surface area contributed by atoms with Crippen LogP contribution in [-0.4, -0.2) is 43.3 Å². The predicted octanol–water partition coefficient (Wildman–Crippen LogP) is 0.240. The van der Waals surface area contributed by atoms with Gasteiger partial charge in [-0.1, -0.05) is 0 Å². The summed E-state index contributed by atoms with van der Waals surface area (Å²) >= 11 is 1.33. The molecule has 1 amide bonds. The highest BCUT2D eigenvalue weighted by molar-refractivity contribution is 7.89. The SMILES string of the molecule is CCNC(=O)C(C)NS(=O)(=O)c1c(NC)nc2sccn12. The van der Waals surface area contributed by atoms with E-state index in [1.807, 2.05) is 0 Å². The number of imidazole rings is 1. The fourth-order valence-corrected chi connectivity index (χ4v) is 4.12. The maximum Gasteiger partial charge on any atom is 0.261 e. The van der Waals surface area contributed by atoms with Crippen molar-refractivity contribution >= 4 is 38.0 Å². The van der Waals surface area contributed by atoms with Gasteiger partial charge >= 0.3 is 0 Å². The van der Waals surface area contributed by atoms with E-state index in [0.29, 0.717) is 11.5 Å². The number of thiazole rings is 1. The standard InChI is InChI=1S/C11H17N5O3S2/c1-4-13-9(17)7(2)15-21(18,19)10-8(12-3)14-11-16(10)5-6-20-11/h5-7,12,15H,4H2,1-3H3,(H,13,17). The summed E-state index contributed by atoms with van der Waals surface area (Å²) in [5, 5.41) is 7.07. The topological polar surface area (TPSA) is 105 Å². The van der Waals surface area contributed by atoms with Crippen molar-refractivity contribution in [1.29, 1.82) is 0 Å². The molecule has 1 unspecified atom stereocenters. The van der Waals surface area contributed by atoms with Crippen LogP contribution in [0.2, 0.25) is 0 Å². The molecule has 0 bridgehead atoms. The Bertz CT molecular complexity index is 749. The molecule has 2 aromatic heterocycles. The number of sulfonamides is 1. The lowest BCUT2D eigenvalue weighted by Crippen LogP contribution is -2.44. The monoisotopic (exact) mass is 331 g/mol. The first-order valence-electron chi connectivity index (χ1n) is 6.34. The molecule has 116 valence electrons. The first kappa shape index (κ1) is 15.7. The quantitative estimate of drug-likeness (QED) is 0.703. The van der Waals surface area contributed by atoms with Crippen LogP contribution in [0.5, 0.6) is 0 Å². The summed E-state index contributed by atoms with van der Waals surface area (Å²) in [7, 11) is -2.29. The molecule has 0 aliphatic carbocycles.